The zero-order valence-electron chi connectivity index (χ0n) is 50.9. The van der Waals surface area contributed by atoms with E-state index >= 15 is 0 Å². The second kappa shape index (κ2) is 33.2. The average Bonchev–Trinajstić information content (AvgIpc) is 3.10. The highest BCUT2D eigenvalue weighted by molar-refractivity contribution is 7.17. The number of nitrogens with zero attached hydrogens (tertiary/aromatic N) is 6. The summed E-state index contributed by atoms with van der Waals surface area (Å²) in [7, 11) is 0. The van der Waals surface area contributed by atoms with E-state index in [4.69, 9.17) is 18.9 Å². The van der Waals surface area contributed by atoms with Gasteiger partial charge >= 0.3 is 11.9 Å². The zero-order chi connectivity index (χ0) is 59.1. The van der Waals surface area contributed by atoms with Crippen LogP contribution < -0.4 is 29.1 Å². The van der Waals surface area contributed by atoms with Crippen LogP contribution in [-0.4, -0.2) is 126 Å². The van der Waals surface area contributed by atoms with Crippen molar-refractivity contribution in [3.05, 3.63) is 107 Å². The van der Waals surface area contributed by atoms with Crippen LogP contribution in [0.25, 0.3) is 20.2 Å². The second-order valence-electron chi connectivity index (χ2n) is 24.0. The summed E-state index contributed by atoms with van der Waals surface area (Å²) in [6, 6.07) is 29.7. The molecule has 2 fully saturated rings. The molecule has 86 heavy (non-hydrogen) atoms. The largest absolute Gasteiger partial charge is 0.494 e. The zero-order valence-corrected chi connectivity index (χ0v) is 52.5. The van der Waals surface area contributed by atoms with Gasteiger partial charge < -0.3 is 28.7 Å². The number of ether oxygens (including phenoxy) is 4. The molecule has 0 radical (unpaired) electrons. The van der Waals surface area contributed by atoms with Crippen molar-refractivity contribution in [1.29, 1.82) is 0 Å². The number of thiophene rings is 2. The Morgan fingerprint density at radius 1 is 0.407 bits per heavy atom. The van der Waals surface area contributed by atoms with Gasteiger partial charge in [-0.1, -0.05) is 101 Å². The fourth-order valence-corrected chi connectivity index (χ4v) is 14.4. The summed E-state index contributed by atoms with van der Waals surface area (Å²) < 4.78 is 26.4. The Labute approximate surface area is 518 Å². The normalized spacial score (nSPS) is 15.8. The summed E-state index contributed by atoms with van der Waals surface area (Å²) in [5.74, 6) is 0.924. The van der Waals surface area contributed by atoms with E-state index in [2.05, 4.69) is 78.9 Å². The molecule has 4 aromatic carbocycles. The van der Waals surface area contributed by atoms with Gasteiger partial charge in [-0.15, -0.1) is 22.7 Å². The van der Waals surface area contributed by atoms with E-state index < -0.39 is 0 Å². The van der Waals surface area contributed by atoms with Crippen LogP contribution in [0.5, 0.6) is 11.5 Å². The molecule has 2 aromatic heterocycles. The Kier molecular flexibility index (Phi) is 24.3. The number of unbranched alkanes of at least 4 members (excludes halogenated alkanes) is 15. The average molecular weight is 1210 g/mol. The van der Waals surface area contributed by atoms with Crippen LogP contribution in [0.4, 0.5) is 22.7 Å². The van der Waals surface area contributed by atoms with Gasteiger partial charge in [0.1, 0.15) is 11.5 Å². The Bertz CT molecular complexity index is 2910. The number of aryl methyl sites for hydroxylation is 2. The van der Waals surface area contributed by atoms with E-state index in [0.29, 0.717) is 51.7 Å². The first-order valence-corrected chi connectivity index (χ1v) is 34.4. The number of piperazine rings is 2. The van der Waals surface area contributed by atoms with Crippen LogP contribution in [0, 0.1) is 0 Å². The van der Waals surface area contributed by atoms with Gasteiger partial charge in [-0.25, -0.2) is 0 Å². The summed E-state index contributed by atoms with van der Waals surface area (Å²) in [5.41, 5.74) is 6.43. The van der Waals surface area contributed by atoms with Crippen molar-refractivity contribution < 1.29 is 38.1 Å². The van der Waals surface area contributed by atoms with Crippen LogP contribution in [0.1, 0.15) is 152 Å². The highest BCUT2D eigenvalue weighted by Gasteiger charge is 2.28. The molecule has 0 saturated carbocycles. The van der Waals surface area contributed by atoms with Crippen molar-refractivity contribution in [3.63, 3.8) is 0 Å². The lowest BCUT2D eigenvalue weighted by Crippen LogP contribution is -2.46. The molecule has 0 atom stereocenters. The first kappa shape index (κ1) is 62.8. The third kappa shape index (κ3) is 18.2. The molecule has 16 heteroatoms. The molecule has 0 aliphatic carbocycles. The number of carbonyl (C=O) groups is 4. The van der Waals surface area contributed by atoms with Crippen LogP contribution >= 0.6 is 22.7 Å². The Morgan fingerprint density at radius 2 is 0.802 bits per heavy atom. The summed E-state index contributed by atoms with van der Waals surface area (Å²) in [5, 5.41) is 7.09. The number of esters is 2. The lowest BCUT2D eigenvalue weighted by molar-refractivity contribution is -0.145. The van der Waals surface area contributed by atoms with Crippen LogP contribution in [-0.2, 0) is 41.5 Å². The van der Waals surface area contributed by atoms with Gasteiger partial charge in [-0.3, -0.25) is 38.8 Å². The Hall–Kier alpha value is -6.20. The SMILES string of the molecule is O=C(CCCCCCCCCCCCCCCCC(=O)OCN1C(=O)CCc2ccc(OCCCCN3CCN(c4cccc5sccc45)CC3)cc21)OCN1C(=O)CCc2ccc(OCCCCN3CCN(c4cccc5sccc45)CC3)cc21. The highest BCUT2D eigenvalue weighted by atomic mass is 32.1. The van der Waals surface area contributed by atoms with Crippen molar-refractivity contribution in [2.75, 3.05) is 112 Å². The molecular weight excluding hydrogens is 1120 g/mol. The van der Waals surface area contributed by atoms with E-state index in [1.807, 2.05) is 36.4 Å². The maximum absolute atomic E-state index is 13.0. The minimum absolute atomic E-state index is 0.0271. The molecule has 0 unspecified atom stereocenters. The molecule has 0 spiro atoms. The molecule has 6 heterocycles. The molecule has 10 rings (SSSR count). The first-order valence-electron chi connectivity index (χ1n) is 32.6. The van der Waals surface area contributed by atoms with Crippen molar-refractivity contribution in [3.8, 4) is 11.5 Å². The van der Waals surface area contributed by atoms with Gasteiger partial charge in [0.05, 0.1) is 24.6 Å². The number of carbonyl (C=O) groups excluding carboxylic acids is 4. The highest BCUT2D eigenvalue weighted by Crippen LogP contribution is 2.36. The lowest BCUT2D eigenvalue weighted by Gasteiger charge is -2.36. The van der Waals surface area contributed by atoms with E-state index in [9.17, 15) is 19.2 Å². The molecule has 0 N–H and O–H groups in total. The van der Waals surface area contributed by atoms with Crippen molar-refractivity contribution in [2.24, 2.45) is 0 Å². The van der Waals surface area contributed by atoms with Gasteiger partial charge in [-0.05, 0) is 135 Å². The van der Waals surface area contributed by atoms with E-state index in [1.165, 1.54) is 82.9 Å². The molecule has 4 aliphatic heterocycles. The third-order valence-corrected chi connectivity index (χ3v) is 19.6. The molecular formula is C70H92N6O8S2. The van der Waals surface area contributed by atoms with Crippen molar-refractivity contribution >= 4 is 89.3 Å². The van der Waals surface area contributed by atoms with Crippen LogP contribution in [0.15, 0.2) is 95.7 Å². The minimum Gasteiger partial charge on any atom is -0.494 e. The van der Waals surface area contributed by atoms with Crippen LogP contribution in [0.2, 0.25) is 0 Å². The molecule has 0 bridgehead atoms. The second-order valence-corrected chi connectivity index (χ2v) is 25.8. The Balaban J connectivity index is 0.498. The number of rotatable bonds is 35. The maximum Gasteiger partial charge on any atom is 0.307 e. The third-order valence-electron chi connectivity index (χ3n) is 17.9. The molecule has 6 aromatic rings. The van der Waals surface area contributed by atoms with Gasteiger partial charge in [-0.2, -0.15) is 0 Å². The van der Waals surface area contributed by atoms with Gasteiger partial charge in [0.25, 0.3) is 0 Å². The number of hydrogen-bond donors (Lipinski definition) is 0. The van der Waals surface area contributed by atoms with Crippen molar-refractivity contribution in [2.45, 2.75) is 154 Å². The van der Waals surface area contributed by atoms with Gasteiger partial charge in [0.15, 0.2) is 13.5 Å². The maximum atomic E-state index is 13.0. The summed E-state index contributed by atoms with van der Waals surface area (Å²) >= 11 is 3.61. The predicted octanol–water partition coefficient (Wildman–Crippen LogP) is 14.6. The smallest absolute Gasteiger partial charge is 0.307 e. The molecule has 14 nitrogen and oxygen atoms in total. The quantitative estimate of drug-likeness (QED) is 0.0278. The molecule has 2 saturated heterocycles. The standard InChI is InChI=1S/C70H92N6O8S2/c77-67-33-29-55-27-31-57(81-47-17-15-37-71-39-43-73(44-40-71)61-21-19-23-65-59(61)35-49-85-65)51-63(55)75(67)53-83-69(79)25-13-11-9-7-5-3-1-2-4-6-8-10-12-14-26-70(80)84-54-76-64-52-58(32-28-56(64)30-34-68(76)78)82-48-18-16-38-72-41-45-74(46-42-72)62-22-20-24-66-60(62)36-50-86-66/h19-24,27-28,31-32,35-36,49-52H,1-18,25-26,29-30,33-34,37-48,53-54H2. The topological polar surface area (TPSA) is 125 Å². The molecule has 462 valence electrons. The number of hydrogen-bond acceptors (Lipinski definition) is 14. The van der Waals surface area contributed by atoms with E-state index in [1.54, 1.807) is 32.5 Å². The Morgan fingerprint density at radius 3 is 1.21 bits per heavy atom. The summed E-state index contributed by atoms with van der Waals surface area (Å²) in [6.45, 7) is 11.7. The summed E-state index contributed by atoms with van der Waals surface area (Å²) in [4.78, 5) is 65.0. The summed E-state index contributed by atoms with van der Waals surface area (Å²) in [6.07, 6.45) is 22.6. The first-order chi connectivity index (χ1) is 42.3. The van der Waals surface area contributed by atoms with E-state index in [0.717, 1.165) is 164 Å². The van der Waals surface area contributed by atoms with Crippen molar-refractivity contribution in [1.82, 2.24) is 9.80 Å². The monoisotopic (exact) mass is 1210 g/mol. The fourth-order valence-electron chi connectivity index (χ4n) is 12.8. The van der Waals surface area contributed by atoms with Crippen LogP contribution in [0.3, 0.4) is 0 Å². The number of fused-ring (bicyclic) bond motifs is 4. The van der Waals surface area contributed by atoms with E-state index in [-0.39, 0.29) is 37.2 Å². The lowest BCUT2D eigenvalue weighted by atomic mass is 10.0. The predicted molar refractivity (Wildman–Crippen MR) is 351 cm³/mol. The number of amides is 2. The van der Waals surface area contributed by atoms with Gasteiger partial charge in [0.2, 0.25) is 11.8 Å². The number of anilines is 4. The molecule has 2 amide bonds. The number of benzene rings is 4. The minimum atomic E-state index is -0.253. The fraction of sp³-hybridized carbons (Fsp3) is 0.543. The van der Waals surface area contributed by atoms with Gasteiger partial charge in [0, 0.05) is 122 Å². The molecule has 4 aliphatic rings.